The Labute approximate surface area is 127 Å². The first-order valence-corrected chi connectivity index (χ1v) is 7.66. The molecular formula is C16H18FNO2S. The SMILES string of the molecule is CCOC(=O)c1sc(-c2ccc(C)c(F)c2)c(CC)c1N. The maximum Gasteiger partial charge on any atom is 0.350 e. The summed E-state index contributed by atoms with van der Waals surface area (Å²) in [6, 6.07) is 5.05. The van der Waals surface area contributed by atoms with Gasteiger partial charge in [0.15, 0.2) is 0 Å². The minimum atomic E-state index is -0.423. The normalized spacial score (nSPS) is 10.7. The van der Waals surface area contributed by atoms with Crippen LogP contribution in [0.15, 0.2) is 18.2 Å². The van der Waals surface area contributed by atoms with E-state index in [9.17, 15) is 9.18 Å². The molecule has 21 heavy (non-hydrogen) atoms. The molecule has 0 bridgehead atoms. The Morgan fingerprint density at radius 2 is 2.10 bits per heavy atom. The maximum atomic E-state index is 13.8. The first kappa shape index (κ1) is 15.5. The van der Waals surface area contributed by atoms with Crippen molar-refractivity contribution in [2.75, 3.05) is 12.3 Å². The smallest absolute Gasteiger partial charge is 0.350 e. The van der Waals surface area contributed by atoms with Gasteiger partial charge >= 0.3 is 5.97 Å². The molecule has 3 nitrogen and oxygen atoms in total. The summed E-state index contributed by atoms with van der Waals surface area (Å²) in [5, 5.41) is 0. The molecule has 0 spiro atoms. The third-order valence-corrected chi connectivity index (χ3v) is 4.57. The Balaban J connectivity index is 2.55. The monoisotopic (exact) mass is 307 g/mol. The highest BCUT2D eigenvalue weighted by molar-refractivity contribution is 7.18. The van der Waals surface area contributed by atoms with E-state index < -0.39 is 5.97 Å². The molecule has 0 amide bonds. The van der Waals surface area contributed by atoms with E-state index >= 15 is 0 Å². The number of carbonyl (C=O) groups is 1. The van der Waals surface area contributed by atoms with Crippen LogP contribution in [0.5, 0.6) is 0 Å². The highest BCUT2D eigenvalue weighted by Crippen LogP contribution is 2.39. The zero-order valence-corrected chi connectivity index (χ0v) is 13.1. The van der Waals surface area contributed by atoms with Crippen molar-refractivity contribution in [3.8, 4) is 10.4 Å². The molecule has 2 aromatic rings. The van der Waals surface area contributed by atoms with Crippen molar-refractivity contribution in [2.24, 2.45) is 0 Å². The lowest BCUT2D eigenvalue weighted by atomic mass is 10.0. The number of esters is 1. The number of hydrogen-bond acceptors (Lipinski definition) is 4. The van der Waals surface area contributed by atoms with Gasteiger partial charge in [0, 0.05) is 4.88 Å². The fraction of sp³-hybridized carbons (Fsp3) is 0.312. The Bertz CT molecular complexity index is 679. The molecule has 0 fully saturated rings. The fourth-order valence-electron chi connectivity index (χ4n) is 2.14. The van der Waals surface area contributed by atoms with Crippen LogP contribution >= 0.6 is 11.3 Å². The second-order valence-electron chi connectivity index (χ2n) is 4.69. The summed E-state index contributed by atoms with van der Waals surface area (Å²) in [6.07, 6.45) is 0.673. The topological polar surface area (TPSA) is 52.3 Å². The summed E-state index contributed by atoms with van der Waals surface area (Å²) in [5.74, 6) is -0.687. The van der Waals surface area contributed by atoms with Crippen LogP contribution in [0, 0.1) is 12.7 Å². The van der Waals surface area contributed by atoms with Crippen molar-refractivity contribution >= 4 is 23.0 Å². The van der Waals surface area contributed by atoms with E-state index in [-0.39, 0.29) is 5.82 Å². The quantitative estimate of drug-likeness (QED) is 0.862. The minimum absolute atomic E-state index is 0.265. The number of benzene rings is 1. The third-order valence-electron chi connectivity index (χ3n) is 3.30. The van der Waals surface area contributed by atoms with Gasteiger partial charge in [-0.15, -0.1) is 11.3 Å². The maximum absolute atomic E-state index is 13.8. The van der Waals surface area contributed by atoms with Crippen molar-refractivity contribution in [3.63, 3.8) is 0 Å². The molecular weight excluding hydrogens is 289 g/mol. The van der Waals surface area contributed by atoms with Crippen LogP contribution in [0.2, 0.25) is 0 Å². The van der Waals surface area contributed by atoms with Gasteiger partial charge in [0.1, 0.15) is 10.7 Å². The zero-order chi connectivity index (χ0) is 15.6. The number of thiophene rings is 1. The highest BCUT2D eigenvalue weighted by atomic mass is 32.1. The standard InChI is InChI=1S/C16H18FNO2S/c1-4-11-13(18)15(16(19)20-5-2)21-14(11)10-7-6-9(3)12(17)8-10/h6-8H,4-5,18H2,1-3H3. The van der Waals surface area contributed by atoms with Gasteiger partial charge in [0.2, 0.25) is 0 Å². The summed E-state index contributed by atoms with van der Waals surface area (Å²) in [6.45, 7) is 5.72. The third kappa shape index (κ3) is 2.93. The molecule has 0 aliphatic rings. The Morgan fingerprint density at radius 1 is 1.38 bits per heavy atom. The molecule has 2 rings (SSSR count). The molecule has 1 aromatic carbocycles. The van der Waals surface area contributed by atoms with Crippen LogP contribution < -0.4 is 5.73 Å². The number of anilines is 1. The average molecular weight is 307 g/mol. The lowest BCUT2D eigenvalue weighted by Gasteiger charge is -2.04. The van der Waals surface area contributed by atoms with Crippen molar-refractivity contribution in [2.45, 2.75) is 27.2 Å². The summed E-state index contributed by atoms with van der Waals surface area (Å²) in [4.78, 5) is 13.2. The van der Waals surface area contributed by atoms with Gasteiger partial charge in [-0.1, -0.05) is 19.1 Å². The van der Waals surface area contributed by atoms with Crippen molar-refractivity contribution < 1.29 is 13.9 Å². The molecule has 0 aliphatic carbocycles. The van der Waals surface area contributed by atoms with E-state index in [1.165, 1.54) is 17.4 Å². The summed E-state index contributed by atoms with van der Waals surface area (Å²) in [7, 11) is 0. The Morgan fingerprint density at radius 3 is 2.67 bits per heavy atom. The second kappa shape index (κ2) is 6.26. The summed E-state index contributed by atoms with van der Waals surface area (Å²) < 4.78 is 18.8. The molecule has 112 valence electrons. The first-order valence-electron chi connectivity index (χ1n) is 6.84. The molecule has 0 saturated carbocycles. The number of carbonyl (C=O) groups excluding carboxylic acids is 1. The predicted octanol–water partition coefficient (Wildman–Crippen LogP) is 4.18. The molecule has 0 aliphatic heterocycles. The second-order valence-corrected chi connectivity index (χ2v) is 5.71. The fourth-order valence-corrected chi connectivity index (χ4v) is 3.35. The molecule has 0 unspecified atom stereocenters. The Hall–Kier alpha value is -1.88. The van der Waals surface area contributed by atoms with Crippen molar-refractivity contribution in [1.29, 1.82) is 0 Å². The average Bonchev–Trinajstić information content (AvgIpc) is 2.79. The van der Waals surface area contributed by atoms with E-state index in [0.29, 0.717) is 29.2 Å². The van der Waals surface area contributed by atoms with E-state index in [4.69, 9.17) is 10.5 Å². The van der Waals surface area contributed by atoms with Crippen LogP contribution in [0.4, 0.5) is 10.1 Å². The minimum Gasteiger partial charge on any atom is -0.462 e. The van der Waals surface area contributed by atoms with E-state index in [0.717, 1.165) is 16.0 Å². The number of nitrogen functional groups attached to an aromatic ring is 1. The van der Waals surface area contributed by atoms with Crippen LogP contribution in [0.3, 0.4) is 0 Å². The number of halogens is 1. The first-order chi connectivity index (χ1) is 9.99. The number of nitrogens with two attached hydrogens (primary N) is 1. The predicted molar refractivity (Wildman–Crippen MR) is 84.2 cm³/mol. The molecule has 0 radical (unpaired) electrons. The summed E-state index contributed by atoms with van der Waals surface area (Å²) >= 11 is 1.26. The van der Waals surface area contributed by atoms with Gasteiger partial charge in [0.25, 0.3) is 0 Å². The lowest BCUT2D eigenvalue weighted by Crippen LogP contribution is -2.05. The number of ether oxygens (including phenoxy) is 1. The van der Waals surface area contributed by atoms with Gasteiger partial charge in [0.05, 0.1) is 12.3 Å². The molecule has 0 atom stereocenters. The van der Waals surface area contributed by atoms with Gasteiger partial charge in [-0.25, -0.2) is 9.18 Å². The van der Waals surface area contributed by atoms with Crippen LogP contribution in [0.1, 0.15) is 34.6 Å². The molecule has 2 N–H and O–H groups in total. The van der Waals surface area contributed by atoms with Gasteiger partial charge in [-0.2, -0.15) is 0 Å². The van der Waals surface area contributed by atoms with Crippen LogP contribution in [0.25, 0.3) is 10.4 Å². The largest absolute Gasteiger partial charge is 0.462 e. The van der Waals surface area contributed by atoms with E-state index in [1.807, 2.05) is 13.0 Å². The number of hydrogen-bond donors (Lipinski definition) is 1. The summed E-state index contributed by atoms with van der Waals surface area (Å²) in [5.41, 5.74) is 8.70. The van der Waals surface area contributed by atoms with E-state index in [2.05, 4.69) is 0 Å². The molecule has 1 aromatic heterocycles. The van der Waals surface area contributed by atoms with Crippen molar-refractivity contribution in [1.82, 2.24) is 0 Å². The zero-order valence-electron chi connectivity index (χ0n) is 12.3. The molecule has 5 heteroatoms. The highest BCUT2D eigenvalue weighted by Gasteiger charge is 2.22. The van der Waals surface area contributed by atoms with Gasteiger partial charge < -0.3 is 10.5 Å². The molecule has 0 saturated heterocycles. The number of aryl methyl sites for hydroxylation is 1. The lowest BCUT2D eigenvalue weighted by molar-refractivity contribution is 0.0533. The molecule has 1 heterocycles. The van der Waals surface area contributed by atoms with Gasteiger partial charge in [-0.3, -0.25) is 0 Å². The number of rotatable bonds is 4. The van der Waals surface area contributed by atoms with Crippen molar-refractivity contribution in [3.05, 3.63) is 40.0 Å². The van der Waals surface area contributed by atoms with E-state index in [1.54, 1.807) is 19.9 Å². The van der Waals surface area contributed by atoms with Crippen LogP contribution in [-0.2, 0) is 11.2 Å². The van der Waals surface area contributed by atoms with Gasteiger partial charge in [-0.05, 0) is 43.0 Å². The Kier molecular flexibility index (Phi) is 4.63. The van der Waals surface area contributed by atoms with Crippen LogP contribution in [-0.4, -0.2) is 12.6 Å².